The van der Waals surface area contributed by atoms with Gasteiger partial charge < -0.3 is 20.5 Å². The van der Waals surface area contributed by atoms with Gasteiger partial charge in [0.05, 0.1) is 14.2 Å². The molecule has 2 rings (SSSR count). The first-order valence-electron chi connectivity index (χ1n) is 6.87. The molecule has 106 valence electrons. The van der Waals surface area contributed by atoms with E-state index in [9.17, 15) is 0 Å². The number of benzene rings is 1. The van der Waals surface area contributed by atoms with E-state index >= 15 is 0 Å². The lowest BCUT2D eigenvalue weighted by Gasteiger charge is -2.22. The van der Waals surface area contributed by atoms with Crippen LogP contribution in [-0.4, -0.2) is 26.8 Å². The van der Waals surface area contributed by atoms with E-state index in [4.69, 9.17) is 15.2 Å². The van der Waals surface area contributed by atoms with Gasteiger partial charge in [-0.3, -0.25) is 0 Å². The molecule has 0 aromatic heterocycles. The van der Waals surface area contributed by atoms with Gasteiger partial charge in [0.15, 0.2) is 0 Å². The zero-order valence-electron chi connectivity index (χ0n) is 12.0. The van der Waals surface area contributed by atoms with Crippen LogP contribution >= 0.6 is 0 Å². The fraction of sp³-hybridized carbons (Fsp3) is 0.600. The van der Waals surface area contributed by atoms with Gasteiger partial charge >= 0.3 is 0 Å². The van der Waals surface area contributed by atoms with Crippen molar-refractivity contribution in [1.29, 1.82) is 0 Å². The zero-order chi connectivity index (χ0) is 13.8. The maximum absolute atomic E-state index is 6.38. The molecule has 1 aromatic carbocycles. The van der Waals surface area contributed by atoms with Gasteiger partial charge in [-0.2, -0.15) is 0 Å². The SMILES string of the molecule is COc1cc(C)c(C(N)CC2CCCN2)c(OC)c1. The minimum absolute atomic E-state index is 0.00328. The number of ether oxygens (including phenoxy) is 2. The van der Waals surface area contributed by atoms with Crippen molar-refractivity contribution in [2.75, 3.05) is 20.8 Å². The molecule has 1 aromatic rings. The van der Waals surface area contributed by atoms with E-state index in [1.807, 2.05) is 12.1 Å². The van der Waals surface area contributed by atoms with Crippen LogP contribution in [0.4, 0.5) is 0 Å². The number of nitrogens with two attached hydrogens (primary N) is 1. The van der Waals surface area contributed by atoms with Gasteiger partial charge in [-0.25, -0.2) is 0 Å². The summed E-state index contributed by atoms with van der Waals surface area (Å²) in [6.45, 7) is 3.17. The molecule has 0 spiro atoms. The second-order valence-corrected chi connectivity index (χ2v) is 5.20. The second kappa shape index (κ2) is 6.26. The molecule has 2 atom stereocenters. The Morgan fingerprint density at radius 2 is 2.16 bits per heavy atom. The van der Waals surface area contributed by atoms with Gasteiger partial charge in [0.1, 0.15) is 11.5 Å². The van der Waals surface area contributed by atoms with Gasteiger partial charge in [-0.15, -0.1) is 0 Å². The van der Waals surface area contributed by atoms with Crippen molar-refractivity contribution in [1.82, 2.24) is 5.32 Å². The van der Waals surface area contributed by atoms with Crippen LogP contribution in [0.1, 0.15) is 36.4 Å². The van der Waals surface area contributed by atoms with Crippen LogP contribution in [0.5, 0.6) is 11.5 Å². The molecule has 2 unspecified atom stereocenters. The fourth-order valence-electron chi connectivity index (χ4n) is 2.88. The molecular weight excluding hydrogens is 240 g/mol. The normalized spacial score (nSPS) is 20.3. The van der Waals surface area contributed by atoms with Gasteiger partial charge in [0.2, 0.25) is 0 Å². The Morgan fingerprint density at radius 3 is 2.74 bits per heavy atom. The summed E-state index contributed by atoms with van der Waals surface area (Å²) >= 11 is 0. The highest BCUT2D eigenvalue weighted by Gasteiger charge is 2.22. The fourth-order valence-corrected chi connectivity index (χ4v) is 2.88. The Bertz CT molecular complexity index is 428. The lowest BCUT2D eigenvalue weighted by molar-refractivity contribution is 0.384. The maximum atomic E-state index is 6.38. The van der Waals surface area contributed by atoms with Crippen molar-refractivity contribution >= 4 is 0 Å². The quantitative estimate of drug-likeness (QED) is 0.855. The summed E-state index contributed by atoms with van der Waals surface area (Å²) in [4.78, 5) is 0. The van der Waals surface area contributed by atoms with Gasteiger partial charge in [0, 0.05) is 23.7 Å². The minimum Gasteiger partial charge on any atom is -0.497 e. The van der Waals surface area contributed by atoms with E-state index in [0.29, 0.717) is 6.04 Å². The van der Waals surface area contributed by atoms with E-state index in [0.717, 1.165) is 35.6 Å². The summed E-state index contributed by atoms with van der Waals surface area (Å²) in [5.41, 5.74) is 8.60. The van der Waals surface area contributed by atoms with Crippen molar-refractivity contribution < 1.29 is 9.47 Å². The van der Waals surface area contributed by atoms with Crippen LogP contribution in [0.25, 0.3) is 0 Å². The first-order valence-corrected chi connectivity index (χ1v) is 6.87. The van der Waals surface area contributed by atoms with Crippen LogP contribution in [0.2, 0.25) is 0 Å². The predicted octanol–water partition coefficient (Wildman–Crippen LogP) is 2.15. The number of rotatable bonds is 5. The first-order chi connectivity index (χ1) is 9.15. The lowest BCUT2D eigenvalue weighted by Crippen LogP contribution is -2.27. The average Bonchev–Trinajstić information content (AvgIpc) is 2.90. The average molecular weight is 264 g/mol. The van der Waals surface area contributed by atoms with Crippen molar-refractivity contribution in [3.8, 4) is 11.5 Å². The lowest BCUT2D eigenvalue weighted by atomic mass is 9.94. The number of nitrogens with one attached hydrogen (secondary N) is 1. The molecule has 1 aliphatic rings. The van der Waals surface area contributed by atoms with Crippen LogP contribution in [0, 0.1) is 6.92 Å². The zero-order valence-corrected chi connectivity index (χ0v) is 12.0. The number of methoxy groups -OCH3 is 2. The highest BCUT2D eigenvalue weighted by atomic mass is 16.5. The van der Waals surface area contributed by atoms with Crippen LogP contribution in [-0.2, 0) is 0 Å². The van der Waals surface area contributed by atoms with Crippen molar-refractivity contribution in [3.05, 3.63) is 23.3 Å². The molecule has 4 nitrogen and oxygen atoms in total. The van der Waals surface area contributed by atoms with Crippen molar-refractivity contribution in [2.24, 2.45) is 5.73 Å². The Balaban J connectivity index is 2.21. The van der Waals surface area contributed by atoms with Crippen LogP contribution < -0.4 is 20.5 Å². The van der Waals surface area contributed by atoms with E-state index < -0.39 is 0 Å². The molecule has 0 amide bonds. The summed E-state index contributed by atoms with van der Waals surface area (Å²) in [6.07, 6.45) is 3.41. The third-order valence-corrected chi connectivity index (χ3v) is 3.85. The largest absolute Gasteiger partial charge is 0.497 e. The summed E-state index contributed by atoms with van der Waals surface area (Å²) < 4.78 is 10.7. The van der Waals surface area contributed by atoms with Gasteiger partial charge in [-0.05, 0) is 44.4 Å². The molecule has 0 aliphatic carbocycles. The smallest absolute Gasteiger partial charge is 0.127 e. The number of aryl methyl sites for hydroxylation is 1. The Labute approximate surface area is 115 Å². The molecule has 4 heteroatoms. The molecule has 19 heavy (non-hydrogen) atoms. The molecule has 0 saturated carbocycles. The minimum atomic E-state index is -0.00328. The third kappa shape index (κ3) is 3.19. The predicted molar refractivity (Wildman–Crippen MR) is 76.9 cm³/mol. The second-order valence-electron chi connectivity index (χ2n) is 5.20. The first kappa shape index (κ1) is 14.2. The summed E-state index contributed by atoms with van der Waals surface area (Å²) in [7, 11) is 3.34. The Morgan fingerprint density at radius 1 is 1.37 bits per heavy atom. The Kier molecular flexibility index (Phi) is 4.66. The van der Waals surface area contributed by atoms with Crippen molar-refractivity contribution in [2.45, 2.75) is 38.3 Å². The summed E-state index contributed by atoms with van der Waals surface area (Å²) in [6, 6.07) is 4.45. The topological polar surface area (TPSA) is 56.5 Å². The van der Waals surface area contributed by atoms with Crippen molar-refractivity contribution in [3.63, 3.8) is 0 Å². The standard InChI is InChI=1S/C15H24N2O2/c1-10-7-12(18-2)9-14(19-3)15(10)13(16)8-11-5-4-6-17-11/h7,9,11,13,17H,4-6,8,16H2,1-3H3. The molecule has 0 bridgehead atoms. The molecule has 1 saturated heterocycles. The van der Waals surface area contributed by atoms with E-state index in [2.05, 4.69) is 12.2 Å². The highest BCUT2D eigenvalue weighted by Crippen LogP contribution is 2.34. The maximum Gasteiger partial charge on any atom is 0.127 e. The Hall–Kier alpha value is -1.26. The highest BCUT2D eigenvalue weighted by molar-refractivity contribution is 5.47. The van der Waals surface area contributed by atoms with Gasteiger partial charge in [0.25, 0.3) is 0 Å². The third-order valence-electron chi connectivity index (χ3n) is 3.85. The molecule has 3 N–H and O–H groups in total. The number of hydrogen-bond acceptors (Lipinski definition) is 4. The molecule has 0 radical (unpaired) electrons. The molecule has 1 aliphatic heterocycles. The van der Waals surface area contributed by atoms with E-state index in [1.54, 1.807) is 14.2 Å². The monoisotopic (exact) mass is 264 g/mol. The summed E-state index contributed by atoms with van der Waals surface area (Å²) in [5.74, 6) is 1.63. The number of hydrogen-bond donors (Lipinski definition) is 2. The molecule has 1 fully saturated rings. The van der Waals surface area contributed by atoms with Gasteiger partial charge in [-0.1, -0.05) is 0 Å². The van der Waals surface area contributed by atoms with E-state index in [1.165, 1.54) is 12.8 Å². The van der Waals surface area contributed by atoms with Crippen LogP contribution in [0.3, 0.4) is 0 Å². The van der Waals surface area contributed by atoms with E-state index in [-0.39, 0.29) is 6.04 Å². The van der Waals surface area contributed by atoms with Crippen LogP contribution in [0.15, 0.2) is 12.1 Å². The molecular formula is C15H24N2O2. The summed E-state index contributed by atoms with van der Waals surface area (Å²) in [5, 5.41) is 3.49. The molecule has 1 heterocycles.